The van der Waals surface area contributed by atoms with Crippen LogP contribution in [0.15, 0.2) is 30.3 Å². The molecule has 2 unspecified atom stereocenters. The van der Waals surface area contributed by atoms with Crippen molar-refractivity contribution in [2.24, 2.45) is 5.92 Å². The summed E-state index contributed by atoms with van der Waals surface area (Å²) < 4.78 is 0. The lowest BCUT2D eigenvalue weighted by molar-refractivity contribution is -0.108. The highest BCUT2D eigenvalue weighted by atomic mass is 16.1. The summed E-state index contributed by atoms with van der Waals surface area (Å²) in [5, 5.41) is 0. The lowest BCUT2D eigenvalue weighted by atomic mass is 9.76. The van der Waals surface area contributed by atoms with Gasteiger partial charge in [0.1, 0.15) is 6.29 Å². The van der Waals surface area contributed by atoms with Gasteiger partial charge in [0.25, 0.3) is 0 Å². The van der Waals surface area contributed by atoms with Crippen LogP contribution < -0.4 is 0 Å². The van der Waals surface area contributed by atoms with Crippen LogP contribution in [0.3, 0.4) is 0 Å². The van der Waals surface area contributed by atoms with E-state index in [2.05, 4.69) is 37.3 Å². The van der Waals surface area contributed by atoms with Crippen molar-refractivity contribution < 1.29 is 4.79 Å². The van der Waals surface area contributed by atoms with Crippen LogP contribution in [0.4, 0.5) is 0 Å². The van der Waals surface area contributed by atoms with Gasteiger partial charge in [0, 0.05) is 6.42 Å². The molecule has 0 amide bonds. The summed E-state index contributed by atoms with van der Waals surface area (Å²) in [4.78, 5) is 10.5. The number of carbonyl (C=O) groups is 1. The van der Waals surface area contributed by atoms with E-state index in [1.54, 1.807) is 0 Å². The molecule has 1 nitrogen and oxygen atoms in total. The average molecular weight is 244 g/mol. The van der Waals surface area contributed by atoms with Crippen LogP contribution in [0.5, 0.6) is 0 Å². The van der Waals surface area contributed by atoms with Crippen LogP contribution in [0.25, 0.3) is 0 Å². The van der Waals surface area contributed by atoms with Gasteiger partial charge in [-0.05, 0) is 42.6 Å². The zero-order valence-electron chi connectivity index (χ0n) is 11.4. The number of rotatable bonds is 4. The lowest BCUT2D eigenvalue weighted by Crippen LogP contribution is -2.20. The van der Waals surface area contributed by atoms with E-state index < -0.39 is 0 Å². The fraction of sp³-hybridized carbons (Fsp3) is 0.588. The van der Waals surface area contributed by atoms with Crippen LogP contribution in [-0.2, 0) is 10.2 Å². The summed E-state index contributed by atoms with van der Waals surface area (Å²) in [6, 6.07) is 10.9. The molecule has 2 rings (SSSR count). The molecule has 1 heteroatoms. The predicted octanol–water partition coefficient (Wildman–Crippen LogP) is 4.50. The van der Waals surface area contributed by atoms with Gasteiger partial charge in [0.05, 0.1) is 0 Å². The molecular formula is C17H24O. The first-order valence-corrected chi connectivity index (χ1v) is 7.24. The molecule has 0 bridgehead atoms. The quantitative estimate of drug-likeness (QED) is 0.563. The van der Waals surface area contributed by atoms with E-state index in [1.807, 2.05) is 0 Å². The van der Waals surface area contributed by atoms with Crippen molar-refractivity contribution in [3.63, 3.8) is 0 Å². The first-order valence-electron chi connectivity index (χ1n) is 7.24. The van der Waals surface area contributed by atoms with Gasteiger partial charge in [0.15, 0.2) is 0 Å². The molecule has 2 atom stereocenters. The molecule has 1 aromatic carbocycles. The topological polar surface area (TPSA) is 17.1 Å². The maximum atomic E-state index is 10.5. The average Bonchev–Trinajstić information content (AvgIpc) is 2.61. The van der Waals surface area contributed by atoms with Crippen LogP contribution >= 0.6 is 0 Å². The zero-order chi connectivity index (χ0) is 12.8. The molecule has 18 heavy (non-hydrogen) atoms. The number of hydrogen-bond donors (Lipinski definition) is 0. The van der Waals surface area contributed by atoms with Crippen LogP contribution in [-0.4, -0.2) is 6.29 Å². The van der Waals surface area contributed by atoms with Crippen molar-refractivity contribution in [1.29, 1.82) is 0 Å². The Labute approximate surface area is 111 Å². The molecule has 1 aliphatic carbocycles. The summed E-state index contributed by atoms with van der Waals surface area (Å²) in [5.74, 6) is 0.765. The molecule has 1 aliphatic rings. The van der Waals surface area contributed by atoms with Gasteiger partial charge in [-0.1, -0.05) is 50.1 Å². The third-order valence-corrected chi connectivity index (χ3v) is 4.61. The first-order chi connectivity index (χ1) is 8.74. The Balaban J connectivity index is 2.01. The van der Waals surface area contributed by atoms with Crippen molar-refractivity contribution in [2.45, 2.75) is 57.3 Å². The van der Waals surface area contributed by atoms with Crippen molar-refractivity contribution in [1.82, 2.24) is 0 Å². The second-order valence-corrected chi connectivity index (χ2v) is 5.97. The highest BCUT2D eigenvalue weighted by molar-refractivity contribution is 5.49. The first kappa shape index (κ1) is 13.3. The fourth-order valence-electron chi connectivity index (χ4n) is 3.29. The molecule has 1 saturated carbocycles. The largest absolute Gasteiger partial charge is 0.303 e. The Kier molecular flexibility index (Phi) is 4.57. The summed E-state index contributed by atoms with van der Waals surface area (Å²) in [7, 11) is 0. The predicted molar refractivity (Wildman–Crippen MR) is 75.7 cm³/mol. The Morgan fingerprint density at radius 3 is 2.72 bits per heavy atom. The summed E-state index contributed by atoms with van der Waals surface area (Å²) in [6.45, 7) is 2.41. The zero-order valence-corrected chi connectivity index (χ0v) is 11.4. The second-order valence-electron chi connectivity index (χ2n) is 5.97. The molecule has 0 N–H and O–H groups in total. The molecular weight excluding hydrogens is 220 g/mol. The summed E-state index contributed by atoms with van der Waals surface area (Å²) >= 11 is 0. The van der Waals surface area contributed by atoms with Crippen LogP contribution in [0.1, 0.15) is 57.4 Å². The Morgan fingerprint density at radius 2 is 2.00 bits per heavy atom. The molecule has 1 aromatic rings. The van der Waals surface area contributed by atoms with Gasteiger partial charge in [0.2, 0.25) is 0 Å². The van der Waals surface area contributed by atoms with Crippen molar-refractivity contribution in [2.75, 3.05) is 0 Å². The van der Waals surface area contributed by atoms with Gasteiger partial charge in [-0.15, -0.1) is 0 Å². The third-order valence-electron chi connectivity index (χ3n) is 4.61. The third kappa shape index (κ3) is 3.22. The van der Waals surface area contributed by atoms with Crippen LogP contribution in [0, 0.1) is 5.92 Å². The fourth-order valence-corrected chi connectivity index (χ4v) is 3.29. The number of aldehydes is 1. The summed E-state index contributed by atoms with van der Waals surface area (Å²) in [6.07, 6.45) is 9.34. The van der Waals surface area contributed by atoms with E-state index in [0.717, 1.165) is 25.0 Å². The van der Waals surface area contributed by atoms with Crippen LogP contribution in [0.2, 0.25) is 0 Å². The molecule has 0 aromatic heterocycles. The second kappa shape index (κ2) is 6.17. The lowest BCUT2D eigenvalue weighted by Gasteiger charge is -2.29. The van der Waals surface area contributed by atoms with Gasteiger partial charge in [-0.2, -0.15) is 0 Å². The highest BCUT2D eigenvalue weighted by Gasteiger charge is 2.29. The maximum absolute atomic E-state index is 10.5. The molecule has 0 saturated heterocycles. The van der Waals surface area contributed by atoms with Gasteiger partial charge in [-0.25, -0.2) is 0 Å². The minimum Gasteiger partial charge on any atom is -0.303 e. The Bertz CT molecular complexity index is 370. The SMILES string of the molecule is CC1(c2ccccc2)CCCC(CCC=O)CC1. The monoisotopic (exact) mass is 244 g/mol. The smallest absolute Gasteiger partial charge is 0.120 e. The van der Waals surface area contributed by atoms with E-state index >= 15 is 0 Å². The van der Waals surface area contributed by atoms with Crippen molar-refractivity contribution in [3.8, 4) is 0 Å². The molecule has 0 heterocycles. The van der Waals surface area contributed by atoms with Gasteiger partial charge < -0.3 is 4.79 Å². The molecule has 98 valence electrons. The Hall–Kier alpha value is -1.11. The number of hydrogen-bond acceptors (Lipinski definition) is 1. The minimum absolute atomic E-state index is 0.344. The van der Waals surface area contributed by atoms with E-state index in [4.69, 9.17) is 0 Å². The maximum Gasteiger partial charge on any atom is 0.120 e. The highest BCUT2D eigenvalue weighted by Crippen LogP contribution is 2.40. The normalized spacial score (nSPS) is 28.6. The Morgan fingerprint density at radius 1 is 1.22 bits per heavy atom. The number of carbonyl (C=O) groups excluding carboxylic acids is 1. The van der Waals surface area contributed by atoms with E-state index in [9.17, 15) is 4.79 Å². The van der Waals surface area contributed by atoms with Crippen molar-refractivity contribution in [3.05, 3.63) is 35.9 Å². The molecule has 1 fully saturated rings. The summed E-state index contributed by atoms with van der Waals surface area (Å²) in [5.41, 5.74) is 1.83. The number of benzene rings is 1. The van der Waals surface area contributed by atoms with Gasteiger partial charge in [-0.3, -0.25) is 0 Å². The molecule has 0 radical (unpaired) electrons. The van der Waals surface area contributed by atoms with E-state index in [-0.39, 0.29) is 0 Å². The molecule has 0 spiro atoms. The van der Waals surface area contributed by atoms with Crippen molar-refractivity contribution >= 4 is 6.29 Å². The standard InChI is InChI=1S/C17H24O/c1-17(16-9-3-2-4-10-16)12-5-7-15(11-13-17)8-6-14-18/h2-4,9-10,14-15H,5-8,11-13H2,1H3. The van der Waals surface area contributed by atoms with E-state index in [1.165, 1.54) is 37.7 Å². The minimum atomic E-state index is 0.344. The van der Waals surface area contributed by atoms with Gasteiger partial charge >= 0.3 is 0 Å². The van der Waals surface area contributed by atoms with E-state index in [0.29, 0.717) is 5.41 Å². The molecule has 0 aliphatic heterocycles.